The highest BCUT2D eigenvalue weighted by Crippen LogP contribution is 2.18. The molecule has 0 bridgehead atoms. The van der Waals surface area contributed by atoms with E-state index in [0.29, 0.717) is 39.0 Å². The van der Waals surface area contributed by atoms with Gasteiger partial charge in [-0.15, -0.1) is 0 Å². The summed E-state index contributed by atoms with van der Waals surface area (Å²) in [6.07, 6.45) is 0.946. The maximum absolute atomic E-state index is 13.1. The van der Waals surface area contributed by atoms with E-state index >= 15 is 0 Å². The van der Waals surface area contributed by atoms with Gasteiger partial charge in [-0.2, -0.15) is 0 Å². The zero-order valence-electron chi connectivity index (χ0n) is 17.3. The standard InChI is InChI=1S/C22H28FN3O3S/c1-17(2)24-30(28,29)21-10-3-18(4-11-21)5-12-22(27)26-15-13-25(14-16-26)20-8-6-19(23)7-9-20/h3-4,6-11,17,24H,5,12-16H2,1-2H3. The number of rotatable bonds is 7. The third kappa shape index (κ3) is 5.79. The molecule has 0 radical (unpaired) electrons. The van der Waals surface area contributed by atoms with E-state index in [9.17, 15) is 17.6 Å². The summed E-state index contributed by atoms with van der Waals surface area (Å²) in [7, 11) is -3.51. The van der Waals surface area contributed by atoms with Gasteiger partial charge in [-0.1, -0.05) is 12.1 Å². The van der Waals surface area contributed by atoms with E-state index in [2.05, 4.69) is 9.62 Å². The molecule has 0 saturated carbocycles. The number of carbonyl (C=O) groups is 1. The van der Waals surface area contributed by atoms with Crippen LogP contribution in [0, 0.1) is 5.82 Å². The van der Waals surface area contributed by atoms with Crippen LogP contribution in [-0.2, 0) is 21.2 Å². The Morgan fingerprint density at radius 3 is 2.17 bits per heavy atom. The summed E-state index contributed by atoms with van der Waals surface area (Å²) < 4.78 is 40.0. The van der Waals surface area contributed by atoms with Gasteiger partial charge in [0, 0.05) is 44.3 Å². The molecule has 2 aromatic carbocycles. The van der Waals surface area contributed by atoms with Gasteiger partial charge >= 0.3 is 0 Å². The summed E-state index contributed by atoms with van der Waals surface area (Å²) >= 11 is 0. The van der Waals surface area contributed by atoms with E-state index in [4.69, 9.17) is 0 Å². The Kier molecular flexibility index (Phi) is 7.10. The lowest BCUT2D eigenvalue weighted by molar-refractivity contribution is -0.131. The second-order valence-corrected chi connectivity index (χ2v) is 9.48. The van der Waals surface area contributed by atoms with Crippen molar-refractivity contribution in [3.05, 3.63) is 59.9 Å². The zero-order chi connectivity index (χ0) is 21.7. The predicted molar refractivity (Wildman–Crippen MR) is 115 cm³/mol. The normalized spacial score (nSPS) is 14.9. The molecule has 0 unspecified atom stereocenters. The van der Waals surface area contributed by atoms with Crippen LogP contribution < -0.4 is 9.62 Å². The largest absolute Gasteiger partial charge is 0.368 e. The Morgan fingerprint density at radius 1 is 1.00 bits per heavy atom. The van der Waals surface area contributed by atoms with Crippen molar-refractivity contribution in [1.29, 1.82) is 0 Å². The molecule has 8 heteroatoms. The monoisotopic (exact) mass is 433 g/mol. The predicted octanol–water partition coefficient (Wildman–Crippen LogP) is 2.79. The molecule has 162 valence electrons. The van der Waals surface area contributed by atoms with Gasteiger partial charge < -0.3 is 9.80 Å². The van der Waals surface area contributed by atoms with Crippen molar-refractivity contribution in [2.24, 2.45) is 0 Å². The number of piperazine rings is 1. The molecule has 3 rings (SSSR count). The molecule has 6 nitrogen and oxygen atoms in total. The number of halogens is 1. The van der Waals surface area contributed by atoms with E-state index < -0.39 is 10.0 Å². The summed E-state index contributed by atoms with van der Waals surface area (Å²) in [5.41, 5.74) is 1.89. The molecule has 0 spiro atoms. The van der Waals surface area contributed by atoms with Crippen LogP contribution in [0.4, 0.5) is 10.1 Å². The van der Waals surface area contributed by atoms with Gasteiger partial charge in [-0.3, -0.25) is 4.79 Å². The Labute approximate surface area is 177 Å². The molecule has 2 aromatic rings. The van der Waals surface area contributed by atoms with E-state index in [1.165, 1.54) is 12.1 Å². The molecule has 1 amide bonds. The van der Waals surface area contributed by atoms with E-state index in [-0.39, 0.29) is 22.7 Å². The number of nitrogens with one attached hydrogen (secondary N) is 1. The molecule has 1 heterocycles. The summed E-state index contributed by atoms with van der Waals surface area (Å²) in [6, 6.07) is 12.9. The number of amides is 1. The second-order valence-electron chi connectivity index (χ2n) is 7.76. The van der Waals surface area contributed by atoms with Gasteiger partial charge in [0.2, 0.25) is 15.9 Å². The van der Waals surface area contributed by atoms with Crippen molar-refractivity contribution in [3.8, 4) is 0 Å². The summed E-state index contributed by atoms with van der Waals surface area (Å²) in [5.74, 6) is -0.165. The average molecular weight is 434 g/mol. The molecule has 0 atom stereocenters. The smallest absolute Gasteiger partial charge is 0.240 e. The minimum Gasteiger partial charge on any atom is -0.368 e. The molecule has 30 heavy (non-hydrogen) atoms. The van der Waals surface area contributed by atoms with Crippen LogP contribution in [0.1, 0.15) is 25.8 Å². The Hall–Kier alpha value is -2.45. The van der Waals surface area contributed by atoms with Crippen LogP contribution in [0.5, 0.6) is 0 Å². The van der Waals surface area contributed by atoms with Crippen molar-refractivity contribution in [2.45, 2.75) is 37.6 Å². The summed E-state index contributed by atoms with van der Waals surface area (Å²) in [5, 5.41) is 0. The van der Waals surface area contributed by atoms with E-state index in [0.717, 1.165) is 11.3 Å². The lowest BCUT2D eigenvalue weighted by atomic mass is 10.1. The summed E-state index contributed by atoms with van der Waals surface area (Å²) in [4.78, 5) is 16.8. The minimum atomic E-state index is -3.51. The topological polar surface area (TPSA) is 69.7 Å². The lowest BCUT2D eigenvalue weighted by Crippen LogP contribution is -2.48. The fourth-order valence-corrected chi connectivity index (χ4v) is 4.74. The Bertz CT molecular complexity index is 952. The maximum Gasteiger partial charge on any atom is 0.240 e. The molecule has 0 aliphatic carbocycles. The first-order valence-electron chi connectivity index (χ1n) is 10.1. The Morgan fingerprint density at radius 2 is 1.60 bits per heavy atom. The number of sulfonamides is 1. The second kappa shape index (κ2) is 9.57. The van der Waals surface area contributed by atoms with Gasteiger partial charge in [0.15, 0.2) is 0 Å². The third-order valence-electron chi connectivity index (χ3n) is 5.08. The van der Waals surface area contributed by atoms with Crippen LogP contribution in [0.15, 0.2) is 53.4 Å². The van der Waals surface area contributed by atoms with Crippen LogP contribution in [0.25, 0.3) is 0 Å². The number of anilines is 1. The highest BCUT2D eigenvalue weighted by molar-refractivity contribution is 7.89. The van der Waals surface area contributed by atoms with Crippen molar-refractivity contribution in [3.63, 3.8) is 0 Å². The Balaban J connectivity index is 1.48. The van der Waals surface area contributed by atoms with Crippen molar-refractivity contribution in [2.75, 3.05) is 31.1 Å². The minimum absolute atomic E-state index is 0.0897. The van der Waals surface area contributed by atoms with Crippen LogP contribution in [0.3, 0.4) is 0 Å². The molecule has 1 aliphatic rings. The number of hydrogen-bond donors (Lipinski definition) is 1. The number of aryl methyl sites for hydroxylation is 1. The highest BCUT2D eigenvalue weighted by atomic mass is 32.2. The number of carbonyl (C=O) groups excluding carboxylic acids is 1. The average Bonchev–Trinajstić information content (AvgIpc) is 2.72. The molecule has 1 saturated heterocycles. The lowest BCUT2D eigenvalue weighted by Gasteiger charge is -2.36. The van der Waals surface area contributed by atoms with Crippen molar-refractivity contribution >= 4 is 21.6 Å². The van der Waals surface area contributed by atoms with Crippen molar-refractivity contribution < 1.29 is 17.6 Å². The van der Waals surface area contributed by atoms with Crippen LogP contribution in [-0.4, -0.2) is 51.4 Å². The summed E-state index contributed by atoms with van der Waals surface area (Å²) in [6.45, 7) is 6.25. The van der Waals surface area contributed by atoms with E-state index in [1.54, 1.807) is 50.2 Å². The van der Waals surface area contributed by atoms with Crippen LogP contribution in [0.2, 0.25) is 0 Å². The SMILES string of the molecule is CC(C)NS(=O)(=O)c1ccc(CCC(=O)N2CCN(c3ccc(F)cc3)CC2)cc1. The molecule has 1 fully saturated rings. The number of nitrogens with zero attached hydrogens (tertiary/aromatic N) is 2. The number of hydrogen-bond acceptors (Lipinski definition) is 4. The third-order valence-corrected chi connectivity index (χ3v) is 6.75. The van der Waals surface area contributed by atoms with E-state index in [1.807, 2.05) is 4.90 Å². The number of benzene rings is 2. The highest BCUT2D eigenvalue weighted by Gasteiger charge is 2.21. The maximum atomic E-state index is 13.1. The molecular weight excluding hydrogens is 405 g/mol. The van der Waals surface area contributed by atoms with Crippen molar-refractivity contribution in [1.82, 2.24) is 9.62 Å². The first-order valence-corrected chi connectivity index (χ1v) is 11.6. The zero-order valence-corrected chi connectivity index (χ0v) is 18.2. The first kappa shape index (κ1) is 22.2. The quantitative estimate of drug-likeness (QED) is 0.729. The first-order chi connectivity index (χ1) is 14.2. The molecule has 1 aliphatic heterocycles. The van der Waals surface area contributed by atoms with Gasteiger partial charge in [0.1, 0.15) is 5.82 Å². The van der Waals surface area contributed by atoms with Gasteiger partial charge in [-0.25, -0.2) is 17.5 Å². The molecular formula is C22H28FN3O3S. The van der Waals surface area contributed by atoms with Gasteiger partial charge in [-0.05, 0) is 62.2 Å². The van der Waals surface area contributed by atoms with Gasteiger partial charge in [0.05, 0.1) is 4.90 Å². The van der Waals surface area contributed by atoms with Gasteiger partial charge in [0.25, 0.3) is 0 Å². The fraction of sp³-hybridized carbons (Fsp3) is 0.409. The fourth-order valence-electron chi connectivity index (χ4n) is 3.49. The molecule has 0 aromatic heterocycles. The molecule has 1 N–H and O–H groups in total. The van der Waals surface area contributed by atoms with Crippen LogP contribution >= 0.6 is 0 Å².